The predicted molar refractivity (Wildman–Crippen MR) is 84.7 cm³/mol. The van der Waals surface area contributed by atoms with Gasteiger partial charge in [0, 0.05) is 18.8 Å². The van der Waals surface area contributed by atoms with E-state index in [0.29, 0.717) is 5.82 Å². The fraction of sp³-hybridized carbons (Fsp3) is 0.538. The van der Waals surface area contributed by atoms with Gasteiger partial charge in [-0.1, -0.05) is 18.5 Å². The lowest BCUT2D eigenvalue weighted by molar-refractivity contribution is 0.0939. The number of pyridine rings is 1. The molecule has 0 saturated carbocycles. The summed E-state index contributed by atoms with van der Waals surface area (Å²) >= 11 is 5.97. The topological polar surface area (TPSA) is 88.2 Å². The number of carbonyl (C=O) groups is 1. The minimum absolute atomic E-state index is 0.0816. The van der Waals surface area contributed by atoms with Crippen molar-refractivity contribution in [3.8, 4) is 0 Å². The van der Waals surface area contributed by atoms with Gasteiger partial charge in [0.25, 0.3) is 5.91 Å². The first-order chi connectivity index (χ1) is 9.73. The molecule has 8 heteroatoms. The van der Waals surface area contributed by atoms with E-state index in [1.165, 1.54) is 0 Å². The molecule has 1 unspecified atom stereocenters. The van der Waals surface area contributed by atoms with Crippen LogP contribution in [0, 0.1) is 0 Å². The molecule has 1 amide bonds. The highest BCUT2D eigenvalue weighted by molar-refractivity contribution is 7.90. The molecule has 0 aliphatic rings. The normalized spacial score (nSPS) is 12.8. The van der Waals surface area contributed by atoms with Crippen molar-refractivity contribution in [1.29, 1.82) is 0 Å². The number of halogens is 1. The summed E-state index contributed by atoms with van der Waals surface area (Å²) in [6.45, 7) is 4.37. The molecule has 0 aliphatic carbocycles. The van der Waals surface area contributed by atoms with Crippen molar-refractivity contribution in [2.24, 2.45) is 0 Å². The molecule has 0 aromatic carbocycles. The third-order valence-corrected chi connectivity index (χ3v) is 3.96. The highest BCUT2D eigenvalue weighted by atomic mass is 35.5. The van der Waals surface area contributed by atoms with Crippen LogP contribution in [0.1, 0.15) is 30.8 Å². The van der Waals surface area contributed by atoms with Crippen LogP contribution in [-0.2, 0) is 9.84 Å². The summed E-state index contributed by atoms with van der Waals surface area (Å²) in [5, 5.41) is 5.87. The zero-order chi connectivity index (χ0) is 16.0. The van der Waals surface area contributed by atoms with Crippen molar-refractivity contribution >= 4 is 33.2 Å². The summed E-state index contributed by atoms with van der Waals surface area (Å²) < 4.78 is 22.4. The van der Waals surface area contributed by atoms with Crippen molar-refractivity contribution in [1.82, 2.24) is 10.3 Å². The predicted octanol–water partition coefficient (Wildman–Crippen LogP) is 1.72. The highest BCUT2D eigenvalue weighted by Crippen LogP contribution is 2.17. The number of nitrogens with zero attached hydrogens (tertiary/aromatic N) is 1. The lowest BCUT2D eigenvalue weighted by Crippen LogP contribution is -2.37. The van der Waals surface area contributed by atoms with E-state index in [1.54, 1.807) is 19.1 Å². The van der Waals surface area contributed by atoms with Gasteiger partial charge in [0.15, 0.2) is 0 Å². The van der Waals surface area contributed by atoms with E-state index >= 15 is 0 Å². The van der Waals surface area contributed by atoms with E-state index in [2.05, 4.69) is 15.6 Å². The van der Waals surface area contributed by atoms with Gasteiger partial charge in [-0.25, -0.2) is 13.4 Å². The van der Waals surface area contributed by atoms with Gasteiger partial charge in [-0.2, -0.15) is 0 Å². The van der Waals surface area contributed by atoms with Crippen molar-refractivity contribution in [2.75, 3.05) is 23.9 Å². The minimum Gasteiger partial charge on any atom is -0.370 e. The maximum atomic E-state index is 12.1. The lowest BCUT2D eigenvalue weighted by atomic mass is 10.3. The summed E-state index contributed by atoms with van der Waals surface area (Å²) in [5.74, 6) is -0.0668. The van der Waals surface area contributed by atoms with E-state index in [-0.39, 0.29) is 16.5 Å². The maximum Gasteiger partial charge on any atom is 0.271 e. The van der Waals surface area contributed by atoms with Gasteiger partial charge in [0.2, 0.25) is 0 Å². The van der Waals surface area contributed by atoms with E-state index in [9.17, 15) is 13.2 Å². The molecule has 0 saturated heterocycles. The first-order valence-electron chi connectivity index (χ1n) is 6.62. The summed E-state index contributed by atoms with van der Waals surface area (Å²) in [4.78, 5) is 16.3. The molecule has 0 aliphatic heterocycles. The first kappa shape index (κ1) is 17.7. The molecule has 0 fully saturated rings. The Bertz CT molecular complexity index is 605. The smallest absolute Gasteiger partial charge is 0.271 e. The van der Waals surface area contributed by atoms with E-state index in [4.69, 9.17) is 11.6 Å². The molecule has 0 bridgehead atoms. The lowest BCUT2D eigenvalue weighted by Gasteiger charge is -2.13. The zero-order valence-electron chi connectivity index (χ0n) is 12.3. The van der Waals surface area contributed by atoms with Gasteiger partial charge < -0.3 is 10.6 Å². The molecule has 1 aromatic rings. The Morgan fingerprint density at radius 2 is 2.10 bits per heavy atom. The standard InChI is InChI=1S/C13H20ClN3O3S/c1-4-7-15-11-6-5-10(14)12(17-11)13(18)16-9(2)8-21(3,19)20/h5-6,9H,4,7-8H2,1-3H3,(H,15,17)(H,16,18). The fourth-order valence-electron chi connectivity index (χ4n) is 1.74. The number of hydrogen-bond donors (Lipinski definition) is 2. The first-order valence-corrected chi connectivity index (χ1v) is 9.05. The average molecular weight is 334 g/mol. The summed E-state index contributed by atoms with van der Waals surface area (Å²) in [6.07, 6.45) is 2.05. The number of sulfone groups is 1. The monoisotopic (exact) mass is 333 g/mol. The largest absolute Gasteiger partial charge is 0.370 e. The van der Waals surface area contributed by atoms with Crippen molar-refractivity contribution < 1.29 is 13.2 Å². The molecule has 1 aromatic heterocycles. The Morgan fingerprint density at radius 1 is 1.43 bits per heavy atom. The third-order valence-electron chi connectivity index (χ3n) is 2.55. The number of aromatic nitrogens is 1. The van der Waals surface area contributed by atoms with Gasteiger partial charge in [-0.3, -0.25) is 4.79 Å². The number of amides is 1. The van der Waals surface area contributed by atoms with Crippen LogP contribution in [-0.4, -0.2) is 43.9 Å². The van der Waals surface area contributed by atoms with Crippen LogP contribution in [0.3, 0.4) is 0 Å². The molecule has 1 rings (SSSR count). The molecule has 0 spiro atoms. The van der Waals surface area contributed by atoms with Crippen LogP contribution in [0.5, 0.6) is 0 Å². The molecular weight excluding hydrogens is 314 g/mol. The molecule has 118 valence electrons. The van der Waals surface area contributed by atoms with Crippen molar-refractivity contribution in [3.63, 3.8) is 0 Å². The Morgan fingerprint density at radius 3 is 2.67 bits per heavy atom. The maximum absolute atomic E-state index is 12.1. The van der Waals surface area contributed by atoms with Gasteiger partial charge in [-0.15, -0.1) is 0 Å². The van der Waals surface area contributed by atoms with E-state index in [1.807, 2.05) is 6.92 Å². The molecule has 21 heavy (non-hydrogen) atoms. The fourth-order valence-corrected chi connectivity index (χ4v) is 2.92. The molecular formula is C13H20ClN3O3S. The Hall–Kier alpha value is -1.34. The van der Waals surface area contributed by atoms with Crippen LogP contribution in [0.25, 0.3) is 0 Å². The second-order valence-corrected chi connectivity index (χ2v) is 7.51. The SMILES string of the molecule is CCCNc1ccc(Cl)c(C(=O)NC(C)CS(C)(=O)=O)n1. The van der Waals surface area contributed by atoms with Gasteiger partial charge >= 0.3 is 0 Å². The number of rotatable bonds is 7. The van der Waals surface area contributed by atoms with Crippen LogP contribution >= 0.6 is 11.6 Å². The number of hydrogen-bond acceptors (Lipinski definition) is 5. The van der Waals surface area contributed by atoms with Crippen LogP contribution in [0.4, 0.5) is 5.82 Å². The number of carbonyl (C=O) groups excluding carboxylic acids is 1. The molecule has 1 atom stereocenters. The van der Waals surface area contributed by atoms with Gasteiger partial charge in [0.1, 0.15) is 21.3 Å². The number of anilines is 1. The van der Waals surface area contributed by atoms with Crippen molar-refractivity contribution in [3.05, 3.63) is 22.8 Å². The Balaban J connectivity index is 2.81. The van der Waals surface area contributed by atoms with Crippen LogP contribution < -0.4 is 10.6 Å². The van der Waals surface area contributed by atoms with Crippen LogP contribution in [0.15, 0.2) is 12.1 Å². The van der Waals surface area contributed by atoms with Gasteiger partial charge in [-0.05, 0) is 25.5 Å². The molecule has 6 nitrogen and oxygen atoms in total. The van der Waals surface area contributed by atoms with E-state index in [0.717, 1.165) is 19.2 Å². The summed E-state index contributed by atoms with van der Waals surface area (Å²) in [5.41, 5.74) is 0.0816. The Kier molecular flexibility index (Phi) is 6.42. The average Bonchev–Trinajstić information content (AvgIpc) is 2.35. The second kappa shape index (κ2) is 7.61. The Labute approximate surface area is 130 Å². The molecule has 2 N–H and O–H groups in total. The highest BCUT2D eigenvalue weighted by Gasteiger charge is 2.18. The summed E-state index contributed by atoms with van der Waals surface area (Å²) in [7, 11) is -3.16. The number of nitrogens with one attached hydrogen (secondary N) is 2. The second-order valence-electron chi connectivity index (χ2n) is 4.92. The molecule has 0 radical (unpaired) electrons. The van der Waals surface area contributed by atoms with Gasteiger partial charge in [0.05, 0.1) is 10.8 Å². The van der Waals surface area contributed by atoms with E-state index < -0.39 is 21.8 Å². The third kappa shape index (κ3) is 6.31. The van der Waals surface area contributed by atoms with Crippen LogP contribution in [0.2, 0.25) is 5.02 Å². The summed E-state index contributed by atoms with van der Waals surface area (Å²) in [6, 6.07) is 2.76. The van der Waals surface area contributed by atoms with Crippen molar-refractivity contribution in [2.45, 2.75) is 26.3 Å². The molecule has 1 heterocycles. The minimum atomic E-state index is -3.16. The quantitative estimate of drug-likeness (QED) is 0.793. The zero-order valence-corrected chi connectivity index (χ0v) is 13.9.